The van der Waals surface area contributed by atoms with Crippen LogP contribution in [0.2, 0.25) is 0 Å². The lowest BCUT2D eigenvalue weighted by Gasteiger charge is -2.11. The zero-order chi connectivity index (χ0) is 11.5. The molecule has 0 aliphatic rings. The summed E-state index contributed by atoms with van der Waals surface area (Å²) in [7, 11) is 0. The van der Waals surface area contributed by atoms with Crippen molar-refractivity contribution in [1.29, 1.82) is 0 Å². The molecule has 1 aromatic carbocycles. The van der Waals surface area contributed by atoms with E-state index in [9.17, 15) is 9.50 Å². The minimum Gasteiger partial charge on any atom is -0.382 e. The van der Waals surface area contributed by atoms with Crippen LogP contribution >= 0.6 is 15.9 Å². The SMILES string of the molecule is OC(c1ccncn1)c1cccc(Br)c1F. The molecule has 0 saturated carbocycles. The van der Waals surface area contributed by atoms with Crippen molar-refractivity contribution >= 4 is 15.9 Å². The van der Waals surface area contributed by atoms with E-state index in [4.69, 9.17) is 0 Å². The second-order valence-corrected chi connectivity index (χ2v) is 4.03. The number of halogens is 2. The number of nitrogens with zero attached hydrogens (tertiary/aromatic N) is 2. The van der Waals surface area contributed by atoms with Crippen LogP contribution in [0.1, 0.15) is 17.4 Å². The van der Waals surface area contributed by atoms with Gasteiger partial charge in [-0.05, 0) is 28.1 Å². The summed E-state index contributed by atoms with van der Waals surface area (Å²) in [5.74, 6) is -0.478. The molecule has 0 spiro atoms. The molecule has 5 heteroatoms. The van der Waals surface area contributed by atoms with Gasteiger partial charge in [0.05, 0.1) is 10.2 Å². The van der Waals surface area contributed by atoms with Gasteiger partial charge in [0, 0.05) is 11.8 Å². The van der Waals surface area contributed by atoms with Crippen LogP contribution < -0.4 is 0 Å². The highest BCUT2D eigenvalue weighted by Gasteiger charge is 2.17. The van der Waals surface area contributed by atoms with Crippen LogP contribution in [-0.4, -0.2) is 15.1 Å². The van der Waals surface area contributed by atoms with Gasteiger partial charge in [-0.25, -0.2) is 14.4 Å². The molecule has 2 rings (SSSR count). The van der Waals surface area contributed by atoms with Gasteiger partial charge in [0.15, 0.2) is 0 Å². The summed E-state index contributed by atoms with van der Waals surface area (Å²) in [6.07, 6.45) is 1.73. The fraction of sp³-hybridized carbons (Fsp3) is 0.0909. The third-order valence-corrected chi connectivity index (χ3v) is 2.77. The van der Waals surface area contributed by atoms with Crippen LogP contribution in [0, 0.1) is 5.82 Å². The topological polar surface area (TPSA) is 46.0 Å². The zero-order valence-corrected chi connectivity index (χ0v) is 9.73. The second-order valence-electron chi connectivity index (χ2n) is 3.18. The van der Waals surface area contributed by atoms with Crippen molar-refractivity contribution in [3.8, 4) is 0 Å². The minimum absolute atomic E-state index is 0.188. The highest BCUT2D eigenvalue weighted by Crippen LogP contribution is 2.26. The van der Waals surface area contributed by atoms with E-state index in [1.807, 2.05) is 0 Å². The van der Waals surface area contributed by atoms with Gasteiger partial charge in [-0.1, -0.05) is 12.1 Å². The van der Waals surface area contributed by atoms with Gasteiger partial charge in [0.2, 0.25) is 0 Å². The summed E-state index contributed by atoms with van der Waals surface area (Å²) in [5, 5.41) is 9.95. The number of benzene rings is 1. The molecular formula is C11H8BrFN2O. The number of hydrogen-bond donors (Lipinski definition) is 1. The Balaban J connectivity index is 2.42. The van der Waals surface area contributed by atoms with Gasteiger partial charge in [-0.2, -0.15) is 0 Å². The van der Waals surface area contributed by atoms with Crippen molar-refractivity contribution in [3.63, 3.8) is 0 Å². The molecule has 1 aromatic heterocycles. The van der Waals surface area contributed by atoms with Crippen molar-refractivity contribution in [1.82, 2.24) is 9.97 Å². The molecule has 1 N–H and O–H groups in total. The number of aliphatic hydroxyl groups excluding tert-OH is 1. The number of aliphatic hydroxyl groups is 1. The monoisotopic (exact) mass is 282 g/mol. The predicted octanol–water partition coefficient (Wildman–Crippen LogP) is 2.46. The van der Waals surface area contributed by atoms with Crippen LogP contribution in [0.5, 0.6) is 0 Å². The van der Waals surface area contributed by atoms with Gasteiger partial charge in [0.25, 0.3) is 0 Å². The van der Waals surface area contributed by atoms with Crippen molar-refractivity contribution in [2.45, 2.75) is 6.10 Å². The second kappa shape index (κ2) is 4.67. The molecule has 0 aliphatic heterocycles. The third-order valence-electron chi connectivity index (χ3n) is 2.16. The van der Waals surface area contributed by atoms with E-state index in [0.717, 1.165) is 0 Å². The van der Waals surface area contributed by atoms with Crippen LogP contribution in [0.4, 0.5) is 4.39 Å². The molecular weight excluding hydrogens is 275 g/mol. The predicted molar refractivity (Wildman–Crippen MR) is 60.2 cm³/mol. The van der Waals surface area contributed by atoms with Crippen LogP contribution in [0.15, 0.2) is 41.3 Å². The van der Waals surface area contributed by atoms with E-state index in [-0.39, 0.29) is 5.56 Å². The Morgan fingerprint density at radius 3 is 2.81 bits per heavy atom. The first-order chi connectivity index (χ1) is 7.70. The van der Waals surface area contributed by atoms with Crippen molar-refractivity contribution in [3.05, 3.63) is 58.3 Å². The summed E-state index contributed by atoms with van der Waals surface area (Å²) < 4.78 is 14.0. The lowest BCUT2D eigenvalue weighted by atomic mass is 10.1. The molecule has 0 aliphatic carbocycles. The Labute approximate surface area is 100 Å². The maximum Gasteiger partial charge on any atom is 0.143 e. The number of aromatic nitrogens is 2. The van der Waals surface area contributed by atoms with Gasteiger partial charge < -0.3 is 5.11 Å². The highest BCUT2D eigenvalue weighted by atomic mass is 79.9. The van der Waals surface area contributed by atoms with Crippen LogP contribution in [-0.2, 0) is 0 Å². The largest absolute Gasteiger partial charge is 0.382 e. The lowest BCUT2D eigenvalue weighted by molar-refractivity contribution is 0.209. The maximum atomic E-state index is 13.7. The normalized spacial score (nSPS) is 12.4. The van der Waals surface area contributed by atoms with Crippen molar-refractivity contribution < 1.29 is 9.50 Å². The van der Waals surface area contributed by atoms with E-state index in [1.165, 1.54) is 18.6 Å². The Morgan fingerprint density at radius 1 is 1.31 bits per heavy atom. The Hall–Kier alpha value is -1.33. The first kappa shape index (κ1) is 11.2. The summed E-state index contributed by atoms with van der Waals surface area (Å²) in [6, 6.07) is 6.30. The standard InChI is InChI=1S/C11H8BrFN2O/c12-8-3-1-2-7(10(8)13)11(16)9-4-5-14-6-15-9/h1-6,11,16H. The molecule has 3 nitrogen and oxygen atoms in total. The van der Waals surface area contributed by atoms with Crippen molar-refractivity contribution in [2.75, 3.05) is 0 Å². The van der Waals surface area contributed by atoms with E-state index < -0.39 is 11.9 Å². The summed E-state index contributed by atoms with van der Waals surface area (Å²) in [5.41, 5.74) is 0.556. The molecule has 0 radical (unpaired) electrons. The summed E-state index contributed by atoms with van der Waals surface area (Å²) in [4.78, 5) is 7.62. The van der Waals surface area contributed by atoms with Crippen LogP contribution in [0.25, 0.3) is 0 Å². The quantitative estimate of drug-likeness (QED) is 0.920. The van der Waals surface area contributed by atoms with E-state index in [1.54, 1.807) is 18.2 Å². The van der Waals surface area contributed by atoms with Gasteiger partial charge in [-0.15, -0.1) is 0 Å². The molecule has 16 heavy (non-hydrogen) atoms. The smallest absolute Gasteiger partial charge is 0.143 e. The number of hydrogen-bond acceptors (Lipinski definition) is 3. The average molecular weight is 283 g/mol. The summed E-state index contributed by atoms with van der Waals surface area (Å²) in [6.45, 7) is 0. The molecule has 0 bridgehead atoms. The Morgan fingerprint density at radius 2 is 2.12 bits per heavy atom. The molecule has 1 atom stereocenters. The van der Waals surface area contributed by atoms with Gasteiger partial charge in [-0.3, -0.25) is 0 Å². The molecule has 82 valence electrons. The number of rotatable bonds is 2. The molecule has 0 amide bonds. The van der Waals surface area contributed by atoms with Crippen molar-refractivity contribution in [2.24, 2.45) is 0 Å². The minimum atomic E-state index is -1.08. The lowest BCUT2D eigenvalue weighted by Crippen LogP contribution is -2.05. The van der Waals surface area contributed by atoms with E-state index >= 15 is 0 Å². The summed E-state index contributed by atoms with van der Waals surface area (Å²) >= 11 is 3.07. The molecule has 2 aromatic rings. The van der Waals surface area contributed by atoms with Gasteiger partial charge >= 0.3 is 0 Å². The molecule has 0 fully saturated rings. The van der Waals surface area contributed by atoms with E-state index in [0.29, 0.717) is 10.2 Å². The average Bonchev–Trinajstić information content (AvgIpc) is 2.33. The van der Waals surface area contributed by atoms with Gasteiger partial charge in [0.1, 0.15) is 18.2 Å². The molecule has 1 unspecified atom stereocenters. The maximum absolute atomic E-state index is 13.7. The third kappa shape index (κ3) is 2.10. The molecule has 1 heterocycles. The first-order valence-electron chi connectivity index (χ1n) is 4.58. The van der Waals surface area contributed by atoms with E-state index in [2.05, 4.69) is 25.9 Å². The first-order valence-corrected chi connectivity index (χ1v) is 5.37. The fourth-order valence-corrected chi connectivity index (χ4v) is 1.74. The Kier molecular flexibility index (Phi) is 3.26. The fourth-order valence-electron chi connectivity index (χ4n) is 1.35. The Bertz CT molecular complexity index is 493. The van der Waals surface area contributed by atoms with Crippen LogP contribution in [0.3, 0.4) is 0 Å². The highest BCUT2D eigenvalue weighted by molar-refractivity contribution is 9.10. The zero-order valence-electron chi connectivity index (χ0n) is 8.14. The molecule has 0 saturated heterocycles.